The minimum atomic E-state index is -1.04. The quantitative estimate of drug-likeness (QED) is 0.412. The fraction of sp³-hybridized carbons (Fsp3) is 1.00. The van der Waals surface area contributed by atoms with E-state index in [-0.39, 0.29) is 0 Å². The van der Waals surface area contributed by atoms with Gasteiger partial charge in [-0.15, -0.1) is 0 Å². The van der Waals surface area contributed by atoms with Crippen LogP contribution in [0.15, 0.2) is 0 Å². The van der Waals surface area contributed by atoms with Crippen LogP contribution in [0.3, 0.4) is 0 Å². The molecule has 2 unspecified atom stereocenters. The molecule has 0 aliphatic rings. The molecular formula is C4H9IO3. The van der Waals surface area contributed by atoms with E-state index < -0.39 is 12.4 Å². The topological polar surface area (TPSA) is 49.7 Å². The zero-order valence-electron chi connectivity index (χ0n) is 4.54. The first-order valence-corrected chi connectivity index (χ1v) is 3.74. The van der Waals surface area contributed by atoms with Crippen molar-refractivity contribution in [2.24, 2.45) is 0 Å². The Morgan fingerprint density at radius 1 is 1.62 bits per heavy atom. The van der Waals surface area contributed by atoms with Crippen molar-refractivity contribution in [3.05, 3.63) is 0 Å². The molecule has 8 heavy (non-hydrogen) atoms. The molecule has 0 bridgehead atoms. The Kier molecular flexibility index (Phi) is 4.83. The lowest BCUT2D eigenvalue weighted by Gasteiger charge is -2.11. The molecule has 4 heteroatoms. The van der Waals surface area contributed by atoms with Crippen LogP contribution in [0, 0.1) is 0 Å². The van der Waals surface area contributed by atoms with Crippen molar-refractivity contribution < 1.29 is 14.9 Å². The standard InChI is InChI=1S/C4H9IO3/c1-3(6)4(7)8-2-5/h3-4,6-7H,2H2,1H3. The highest BCUT2D eigenvalue weighted by atomic mass is 127. The molecule has 0 aromatic rings. The summed E-state index contributed by atoms with van der Waals surface area (Å²) in [5.74, 6) is 0. The Morgan fingerprint density at radius 3 is 2.25 bits per heavy atom. The molecule has 0 amide bonds. The molecule has 0 aromatic carbocycles. The molecule has 0 heterocycles. The van der Waals surface area contributed by atoms with E-state index in [1.807, 2.05) is 22.6 Å². The molecule has 0 spiro atoms. The largest absolute Gasteiger partial charge is 0.388 e. The van der Waals surface area contributed by atoms with Gasteiger partial charge in [0.1, 0.15) is 10.7 Å². The van der Waals surface area contributed by atoms with Crippen LogP contribution in [0.4, 0.5) is 0 Å². The summed E-state index contributed by atoms with van der Waals surface area (Å²) in [6, 6.07) is 0. The lowest BCUT2D eigenvalue weighted by molar-refractivity contribution is -0.140. The van der Waals surface area contributed by atoms with Gasteiger partial charge in [-0.1, -0.05) is 22.6 Å². The Balaban J connectivity index is 3.17. The van der Waals surface area contributed by atoms with E-state index >= 15 is 0 Å². The first-order chi connectivity index (χ1) is 3.68. The number of alkyl halides is 1. The van der Waals surface area contributed by atoms with Gasteiger partial charge < -0.3 is 14.9 Å². The second kappa shape index (κ2) is 4.49. The van der Waals surface area contributed by atoms with Crippen LogP contribution in [-0.2, 0) is 4.74 Å². The lowest BCUT2D eigenvalue weighted by Crippen LogP contribution is -2.24. The molecule has 0 rings (SSSR count). The maximum Gasteiger partial charge on any atom is 0.181 e. The molecule has 0 fully saturated rings. The van der Waals surface area contributed by atoms with E-state index in [1.165, 1.54) is 6.92 Å². The summed E-state index contributed by atoms with van der Waals surface area (Å²) in [5.41, 5.74) is 0. The van der Waals surface area contributed by atoms with Gasteiger partial charge in [0.15, 0.2) is 6.29 Å². The average molecular weight is 232 g/mol. The van der Waals surface area contributed by atoms with E-state index in [2.05, 4.69) is 4.74 Å². The third-order valence-electron chi connectivity index (χ3n) is 0.646. The maximum absolute atomic E-state index is 8.65. The van der Waals surface area contributed by atoms with Crippen molar-refractivity contribution in [3.8, 4) is 0 Å². The predicted molar refractivity (Wildman–Crippen MR) is 37.7 cm³/mol. The molecule has 0 aromatic heterocycles. The van der Waals surface area contributed by atoms with Gasteiger partial charge in [-0.25, -0.2) is 0 Å². The van der Waals surface area contributed by atoms with Gasteiger partial charge in [-0.05, 0) is 6.92 Å². The SMILES string of the molecule is CC(O)C(O)OCI. The molecule has 0 aliphatic carbocycles. The highest BCUT2D eigenvalue weighted by Crippen LogP contribution is 1.95. The Labute approximate surface area is 61.8 Å². The number of rotatable bonds is 3. The van der Waals surface area contributed by atoms with Crippen LogP contribution in [0.1, 0.15) is 6.92 Å². The Bertz CT molecular complexity index is 57.2. The van der Waals surface area contributed by atoms with E-state index in [1.54, 1.807) is 0 Å². The van der Waals surface area contributed by atoms with Crippen LogP contribution in [0.25, 0.3) is 0 Å². The number of aliphatic hydroxyl groups is 2. The van der Waals surface area contributed by atoms with Crippen LogP contribution in [0.2, 0.25) is 0 Å². The predicted octanol–water partition coefficient (Wildman–Crippen LogP) is 0.0947. The van der Waals surface area contributed by atoms with Crippen molar-refractivity contribution >= 4 is 22.6 Å². The van der Waals surface area contributed by atoms with Gasteiger partial charge in [-0.3, -0.25) is 0 Å². The van der Waals surface area contributed by atoms with Crippen LogP contribution in [0.5, 0.6) is 0 Å². The fourth-order valence-corrected chi connectivity index (χ4v) is 0.572. The van der Waals surface area contributed by atoms with Crippen LogP contribution >= 0.6 is 22.6 Å². The summed E-state index contributed by atoms with van der Waals surface area (Å²) in [7, 11) is 0. The summed E-state index contributed by atoms with van der Waals surface area (Å²) in [6.07, 6.45) is -1.84. The van der Waals surface area contributed by atoms with Gasteiger partial charge in [0.25, 0.3) is 0 Å². The smallest absolute Gasteiger partial charge is 0.181 e. The molecule has 50 valence electrons. The van der Waals surface area contributed by atoms with Crippen molar-refractivity contribution in [2.45, 2.75) is 19.3 Å². The zero-order chi connectivity index (χ0) is 6.57. The molecule has 0 radical (unpaired) electrons. The summed E-state index contributed by atoms with van der Waals surface area (Å²) in [6.45, 7) is 1.47. The second-order valence-electron chi connectivity index (χ2n) is 1.41. The Morgan fingerprint density at radius 2 is 2.12 bits per heavy atom. The number of halogens is 1. The summed E-state index contributed by atoms with van der Waals surface area (Å²) < 4.78 is 4.99. The second-order valence-corrected chi connectivity index (χ2v) is 2.03. The van der Waals surface area contributed by atoms with Crippen molar-refractivity contribution in [1.82, 2.24) is 0 Å². The molecule has 0 saturated carbocycles. The Hall–Kier alpha value is 0.610. The van der Waals surface area contributed by atoms with Gasteiger partial charge in [0.2, 0.25) is 0 Å². The summed E-state index contributed by atoms with van der Waals surface area (Å²) in [4.78, 5) is 0. The van der Waals surface area contributed by atoms with Crippen molar-refractivity contribution in [1.29, 1.82) is 0 Å². The number of aliphatic hydroxyl groups excluding tert-OH is 2. The summed E-state index contributed by atoms with van der Waals surface area (Å²) in [5, 5.41) is 17.2. The fourth-order valence-electron chi connectivity index (χ4n) is 0.204. The molecular weight excluding hydrogens is 223 g/mol. The van der Waals surface area contributed by atoms with Crippen molar-refractivity contribution in [2.75, 3.05) is 4.61 Å². The van der Waals surface area contributed by atoms with E-state index in [4.69, 9.17) is 10.2 Å². The van der Waals surface area contributed by atoms with E-state index in [9.17, 15) is 0 Å². The van der Waals surface area contributed by atoms with Crippen molar-refractivity contribution in [3.63, 3.8) is 0 Å². The van der Waals surface area contributed by atoms with E-state index in [0.717, 1.165) is 0 Å². The normalized spacial score (nSPS) is 18.0. The summed E-state index contributed by atoms with van der Waals surface area (Å²) >= 11 is 1.94. The monoisotopic (exact) mass is 232 g/mol. The number of ether oxygens (including phenoxy) is 1. The number of hydrogen-bond donors (Lipinski definition) is 2. The third-order valence-corrected chi connectivity index (χ3v) is 1.01. The van der Waals surface area contributed by atoms with Crippen LogP contribution < -0.4 is 0 Å². The van der Waals surface area contributed by atoms with Crippen LogP contribution in [-0.4, -0.2) is 27.2 Å². The van der Waals surface area contributed by atoms with Gasteiger partial charge in [-0.2, -0.15) is 0 Å². The minimum absolute atomic E-state index is 0.393. The highest BCUT2D eigenvalue weighted by molar-refractivity contribution is 14.1. The zero-order valence-corrected chi connectivity index (χ0v) is 6.70. The first kappa shape index (κ1) is 8.61. The minimum Gasteiger partial charge on any atom is -0.388 e. The third kappa shape index (κ3) is 3.59. The highest BCUT2D eigenvalue weighted by Gasteiger charge is 2.08. The van der Waals surface area contributed by atoms with Gasteiger partial charge >= 0.3 is 0 Å². The first-order valence-electron chi connectivity index (χ1n) is 2.22. The van der Waals surface area contributed by atoms with Gasteiger partial charge in [0, 0.05) is 0 Å². The molecule has 3 nitrogen and oxygen atoms in total. The maximum atomic E-state index is 8.65. The average Bonchev–Trinajstić information content (AvgIpc) is 1.67. The number of hydrogen-bond acceptors (Lipinski definition) is 3. The lowest BCUT2D eigenvalue weighted by atomic mass is 10.4. The molecule has 2 N–H and O–H groups in total. The molecule has 0 saturated heterocycles. The van der Waals surface area contributed by atoms with E-state index in [0.29, 0.717) is 4.61 Å². The van der Waals surface area contributed by atoms with Gasteiger partial charge in [0.05, 0.1) is 0 Å². The molecule has 2 atom stereocenters. The molecule has 0 aliphatic heterocycles.